The third kappa shape index (κ3) is 3.34. The first-order valence-corrected chi connectivity index (χ1v) is 8.08. The summed E-state index contributed by atoms with van der Waals surface area (Å²) in [6.45, 7) is 1.88. The monoisotopic (exact) mass is 339 g/mol. The molecule has 0 unspecified atom stereocenters. The number of fused-ring (bicyclic) bond motifs is 1. The molecule has 1 aromatic carbocycles. The van der Waals surface area contributed by atoms with Gasteiger partial charge in [-0.2, -0.15) is 0 Å². The van der Waals surface area contributed by atoms with Crippen molar-refractivity contribution in [2.75, 3.05) is 13.2 Å². The number of aromatic nitrogens is 2. The summed E-state index contributed by atoms with van der Waals surface area (Å²) in [6, 6.07) is 9.60. The number of carbonyl (C=O) groups excluding carboxylic acids is 1. The lowest BCUT2D eigenvalue weighted by Gasteiger charge is -2.16. The Labute approximate surface area is 144 Å². The van der Waals surface area contributed by atoms with E-state index in [2.05, 4.69) is 15.3 Å². The molecule has 0 radical (unpaired) electrons. The van der Waals surface area contributed by atoms with Gasteiger partial charge in [0.15, 0.2) is 0 Å². The summed E-state index contributed by atoms with van der Waals surface area (Å²) in [5.41, 5.74) is 2.79. The van der Waals surface area contributed by atoms with Crippen LogP contribution in [0.15, 0.2) is 42.6 Å². The molecule has 0 aliphatic heterocycles. The second-order valence-corrected chi connectivity index (χ2v) is 5.52. The Kier molecular flexibility index (Phi) is 5.00. The van der Waals surface area contributed by atoms with Gasteiger partial charge in [0.25, 0.3) is 5.91 Å². The predicted molar refractivity (Wildman–Crippen MR) is 93.7 cm³/mol. The minimum atomic E-state index is -0.443. The first-order chi connectivity index (χ1) is 12.2. The quantitative estimate of drug-likeness (QED) is 0.749. The molecule has 6 heteroatoms. The van der Waals surface area contributed by atoms with Crippen LogP contribution in [0.2, 0.25) is 0 Å². The van der Waals surface area contributed by atoms with Crippen molar-refractivity contribution in [3.63, 3.8) is 0 Å². The average molecular weight is 339 g/mol. The van der Waals surface area contributed by atoms with Crippen molar-refractivity contribution in [1.82, 2.24) is 15.3 Å². The van der Waals surface area contributed by atoms with Gasteiger partial charge in [0.2, 0.25) is 0 Å². The van der Waals surface area contributed by atoms with E-state index in [-0.39, 0.29) is 19.1 Å². The number of aliphatic hydroxyl groups excluding tert-OH is 1. The minimum Gasteiger partial charge on any atom is -0.395 e. The molecule has 0 saturated heterocycles. The van der Waals surface area contributed by atoms with Crippen LogP contribution in [-0.2, 0) is 6.42 Å². The molecule has 2 N–H and O–H groups in total. The van der Waals surface area contributed by atoms with E-state index in [0.29, 0.717) is 39.8 Å². The maximum Gasteiger partial charge on any atom is 0.252 e. The van der Waals surface area contributed by atoms with Gasteiger partial charge >= 0.3 is 0 Å². The molecule has 0 aliphatic carbocycles. The number of benzene rings is 1. The fourth-order valence-electron chi connectivity index (χ4n) is 2.82. The normalized spacial score (nSPS) is 10.8. The predicted octanol–water partition coefficient (Wildman–Crippen LogP) is 2.72. The lowest BCUT2D eigenvalue weighted by atomic mass is 9.95. The summed E-state index contributed by atoms with van der Waals surface area (Å²) in [4.78, 5) is 21.7. The molecule has 0 fully saturated rings. The molecular weight excluding hydrogens is 321 g/mol. The van der Waals surface area contributed by atoms with Gasteiger partial charge < -0.3 is 10.4 Å². The van der Waals surface area contributed by atoms with Crippen LogP contribution in [0, 0.1) is 5.82 Å². The number of nitrogens with zero attached hydrogens (tertiary/aromatic N) is 2. The van der Waals surface area contributed by atoms with Gasteiger partial charge in [-0.15, -0.1) is 0 Å². The Morgan fingerprint density at radius 2 is 2.12 bits per heavy atom. The summed E-state index contributed by atoms with van der Waals surface area (Å²) < 4.78 is 13.8. The number of pyridine rings is 2. The number of aliphatic hydroxyl groups is 1. The second-order valence-electron chi connectivity index (χ2n) is 5.52. The van der Waals surface area contributed by atoms with E-state index < -0.39 is 5.82 Å². The summed E-state index contributed by atoms with van der Waals surface area (Å²) in [7, 11) is 0. The highest BCUT2D eigenvalue weighted by molar-refractivity contribution is 6.11. The molecule has 2 heterocycles. The van der Waals surface area contributed by atoms with Crippen molar-refractivity contribution < 1.29 is 14.3 Å². The highest BCUT2D eigenvalue weighted by Gasteiger charge is 2.22. The van der Waals surface area contributed by atoms with Crippen LogP contribution >= 0.6 is 0 Å². The SMILES string of the molecule is CCc1nc2ccc(F)cc2c(C(=O)NCCO)c1-c1ccccn1. The molecule has 3 rings (SSSR count). The molecule has 0 saturated carbocycles. The zero-order chi connectivity index (χ0) is 17.8. The molecule has 5 nitrogen and oxygen atoms in total. The molecule has 128 valence electrons. The van der Waals surface area contributed by atoms with E-state index in [4.69, 9.17) is 5.11 Å². The van der Waals surface area contributed by atoms with Crippen LogP contribution in [0.25, 0.3) is 22.2 Å². The zero-order valence-electron chi connectivity index (χ0n) is 13.8. The molecule has 3 aromatic rings. The molecule has 0 atom stereocenters. The molecule has 2 aromatic heterocycles. The lowest BCUT2D eigenvalue weighted by Crippen LogP contribution is -2.27. The topological polar surface area (TPSA) is 75.1 Å². The van der Waals surface area contributed by atoms with Crippen molar-refractivity contribution in [2.45, 2.75) is 13.3 Å². The molecule has 1 amide bonds. The highest BCUT2D eigenvalue weighted by Crippen LogP contribution is 2.32. The first-order valence-electron chi connectivity index (χ1n) is 8.08. The summed E-state index contributed by atoms with van der Waals surface area (Å²) in [6.07, 6.45) is 2.24. The van der Waals surface area contributed by atoms with Crippen LogP contribution in [-0.4, -0.2) is 34.1 Å². The maximum absolute atomic E-state index is 13.8. The third-order valence-electron chi connectivity index (χ3n) is 3.90. The number of hydrogen-bond acceptors (Lipinski definition) is 4. The number of carbonyl (C=O) groups is 1. The van der Waals surface area contributed by atoms with E-state index in [1.165, 1.54) is 12.1 Å². The van der Waals surface area contributed by atoms with Gasteiger partial charge in [0, 0.05) is 23.7 Å². The van der Waals surface area contributed by atoms with Gasteiger partial charge in [-0.25, -0.2) is 4.39 Å². The van der Waals surface area contributed by atoms with E-state index in [9.17, 15) is 9.18 Å². The lowest BCUT2D eigenvalue weighted by molar-refractivity contribution is 0.0947. The summed E-state index contributed by atoms with van der Waals surface area (Å²) >= 11 is 0. The van der Waals surface area contributed by atoms with E-state index in [1.54, 1.807) is 24.4 Å². The Morgan fingerprint density at radius 1 is 1.28 bits per heavy atom. The fraction of sp³-hybridized carbons (Fsp3) is 0.211. The highest BCUT2D eigenvalue weighted by atomic mass is 19.1. The van der Waals surface area contributed by atoms with Gasteiger partial charge in [-0.3, -0.25) is 14.8 Å². The van der Waals surface area contributed by atoms with E-state index in [1.807, 2.05) is 13.0 Å². The van der Waals surface area contributed by atoms with Gasteiger partial charge in [0.05, 0.1) is 29.1 Å². The Morgan fingerprint density at radius 3 is 2.80 bits per heavy atom. The Balaban J connectivity index is 2.36. The van der Waals surface area contributed by atoms with Crippen LogP contribution in [0.3, 0.4) is 0 Å². The number of amides is 1. The average Bonchev–Trinajstić information content (AvgIpc) is 2.65. The summed E-state index contributed by atoms with van der Waals surface area (Å²) in [5.74, 6) is -0.830. The summed E-state index contributed by atoms with van der Waals surface area (Å²) in [5, 5.41) is 12.1. The largest absolute Gasteiger partial charge is 0.395 e. The van der Waals surface area contributed by atoms with Crippen molar-refractivity contribution in [2.24, 2.45) is 0 Å². The standard InChI is InChI=1S/C19H18FN3O2/c1-2-14-18(16-5-3-4-8-21-16)17(19(25)22-9-10-24)13-11-12(20)6-7-15(13)23-14/h3-8,11,24H,2,9-10H2,1H3,(H,22,25). The Bertz CT molecular complexity index is 913. The molecule has 0 bridgehead atoms. The zero-order valence-corrected chi connectivity index (χ0v) is 13.8. The van der Waals surface area contributed by atoms with Gasteiger partial charge in [0.1, 0.15) is 5.82 Å². The molecule has 25 heavy (non-hydrogen) atoms. The van der Waals surface area contributed by atoms with Gasteiger partial charge in [-0.05, 0) is 36.8 Å². The number of hydrogen-bond donors (Lipinski definition) is 2. The smallest absolute Gasteiger partial charge is 0.252 e. The third-order valence-corrected chi connectivity index (χ3v) is 3.90. The van der Waals surface area contributed by atoms with Crippen molar-refractivity contribution >= 4 is 16.8 Å². The number of nitrogens with one attached hydrogen (secondary N) is 1. The number of rotatable bonds is 5. The Hall–Kier alpha value is -2.86. The van der Waals surface area contributed by atoms with Crippen LogP contribution < -0.4 is 5.32 Å². The van der Waals surface area contributed by atoms with Gasteiger partial charge in [-0.1, -0.05) is 13.0 Å². The van der Waals surface area contributed by atoms with Crippen LogP contribution in [0.1, 0.15) is 23.0 Å². The van der Waals surface area contributed by atoms with E-state index in [0.717, 1.165) is 0 Å². The second kappa shape index (κ2) is 7.36. The first kappa shape index (κ1) is 17.0. The number of halogens is 1. The molecular formula is C19H18FN3O2. The van der Waals surface area contributed by atoms with Crippen molar-refractivity contribution in [3.8, 4) is 11.3 Å². The van der Waals surface area contributed by atoms with Crippen LogP contribution in [0.4, 0.5) is 4.39 Å². The maximum atomic E-state index is 13.8. The minimum absolute atomic E-state index is 0.112. The molecule has 0 spiro atoms. The number of aryl methyl sites for hydroxylation is 1. The molecule has 0 aliphatic rings. The van der Waals surface area contributed by atoms with Crippen molar-refractivity contribution in [3.05, 3.63) is 59.7 Å². The van der Waals surface area contributed by atoms with Crippen molar-refractivity contribution in [1.29, 1.82) is 0 Å². The fourth-order valence-corrected chi connectivity index (χ4v) is 2.82. The van der Waals surface area contributed by atoms with E-state index >= 15 is 0 Å². The van der Waals surface area contributed by atoms with Crippen LogP contribution in [0.5, 0.6) is 0 Å².